The first kappa shape index (κ1) is 16.9. The lowest BCUT2D eigenvalue weighted by Crippen LogP contribution is -2.36. The highest BCUT2D eigenvalue weighted by atomic mass is 16.5. The quantitative estimate of drug-likeness (QED) is 0.814. The van der Waals surface area contributed by atoms with Crippen LogP contribution < -0.4 is 14.5 Å². The van der Waals surface area contributed by atoms with Crippen LogP contribution in [0, 0.1) is 5.92 Å². The molecule has 0 aliphatic carbocycles. The highest BCUT2D eigenvalue weighted by Gasteiger charge is 2.24. The minimum absolute atomic E-state index is 0.0361. The van der Waals surface area contributed by atoms with E-state index >= 15 is 0 Å². The molecule has 1 aliphatic rings. The van der Waals surface area contributed by atoms with Gasteiger partial charge in [-0.1, -0.05) is 19.1 Å². The summed E-state index contributed by atoms with van der Waals surface area (Å²) < 4.78 is 5.42. The predicted octanol–water partition coefficient (Wildman–Crippen LogP) is 2.15. The van der Waals surface area contributed by atoms with E-state index in [4.69, 9.17) is 9.84 Å². The fourth-order valence-electron chi connectivity index (χ4n) is 2.45. The van der Waals surface area contributed by atoms with E-state index in [0.29, 0.717) is 24.5 Å². The van der Waals surface area contributed by atoms with Crippen molar-refractivity contribution < 1.29 is 19.4 Å². The largest absolute Gasteiger partial charge is 0.482 e. The topological polar surface area (TPSA) is 70.1 Å². The maximum absolute atomic E-state index is 11.8. The molecular weight excluding hydrogens is 296 g/mol. The molecule has 1 heterocycles. The molecule has 6 nitrogen and oxygen atoms in total. The first-order chi connectivity index (χ1) is 10.8. The SMILES string of the molecule is C=C(C)CN(CC(C)C(=O)O)c1ccc2c(c1)N(C)C(=O)CO2. The van der Waals surface area contributed by atoms with Crippen LogP contribution in [0.4, 0.5) is 11.4 Å². The average molecular weight is 318 g/mol. The van der Waals surface area contributed by atoms with Crippen LogP contribution in [0.25, 0.3) is 0 Å². The van der Waals surface area contributed by atoms with Crippen LogP contribution in [0.5, 0.6) is 5.75 Å². The number of ether oxygens (including phenoxy) is 1. The minimum atomic E-state index is -0.842. The number of aliphatic carboxylic acids is 1. The number of carboxylic acids is 1. The summed E-state index contributed by atoms with van der Waals surface area (Å²) in [5, 5.41) is 9.16. The molecule has 23 heavy (non-hydrogen) atoms. The van der Waals surface area contributed by atoms with Gasteiger partial charge in [0, 0.05) is 25.8 Å². The highest BCUT2D eigenvalue weighted by molar-refractivity contribution is 5.97. The number of nitrogens with zero attached hydrogens (tertiary/aromatic N) is 2. The molecule has 1 aromatic rings. The van der Waals surface area contributed by atoms with Gasteiger partial charge in [-0.25, -0.2) is 0 Å². The lowest BCUT2D eigenvalue weighted by Gasteiger charge is -2.30. The van der Waals surface area contributed by atoms with Crippen molar-refractivity contribution in [1.29, 1.82) is 0 Å². The average Bonchev–Trinajstić information content (AvgIpc) is 2.49. The summed E-state index contributed by atoms with van der Waals surface area (Å²) in [6.45, 7) is 8.43. The van der Waals surface area contributed by atoms with E-state index in [1.54, 1.807) is 18.9 Å². The molecule has 1 aliphatic heterocycles. The first-order valence-electron chi connectivity index (χ1n) is 7.45. The molecule has 124 valence electrons. The normalized spacial score (nSPS) is 14.7. The van der Waals surface area contributed by atoms with E-state index < -0.39 is 11.9 Å². The third kappa shape index (κ3) is 3.83. The molecule has 2 rings (SSSR count). The molecule has 0 fully saturated rings. The first-order valence-corrected chi connectivity index (χ1v) is 7.45. The van der Waals surface area contributed by atoms with E-state index in [2.05, 4.69) is 6.58 Å². The summed E-state index contributed by atoms with van der Waals surface area (Å²) in [5.74, 6) is -0.816. The van der Waals surface area contributed by atoms with Crippen molar-refractivity contribution in [3.8, 4) is 5.75 Å². The Morgan fingerprint density at radius 3 is 2.83 bits per heavy atom. The summed E-state index contributed by atoms with van der Waals surface area (Å²) >= 11 is 0. The Bertz CT molecular complexity index is 641. The van der Waals surface area contributed by atoms with E-state index in [9.17, 15) is 9.59 Å². The fourth-order valence-corrected chi connectivity index (χ4v) is 2.45. The van der Waals surface area contributed by atoms with Gasteiger partial charge in [-0.05, 0) is 25.1 Å². The van der Waals surface area contributed by atoms with Crippen LogP contribution in [-0.4, -0.2) is 43.7 Å². The van der Waals surface area contributed by atoms with Crippen molar-refractivity contribution in [2.24, 2.45) is 5.92 Å². The number of benzene rings is 1. The molecule has 1 N–H and O–H groups in total. The van der Waals surface area contributed by atoms with Crippen LogP contribution in [0.2, 0.25) is 0 Å². The Morgan fingerprint density at radius 2 is 2.22 bits per heavy atom. The van der Waals surface area contributed by atoms with Gasteiger partial charge in [-0.15, -0.1) is 0 Å². The van der Waals surface area contributed by atoms with Gasteiger partial charge in [0.15, 0.2) is 6.61 Å². The molecule has 1 aromatic carbocycles. The molecule has 1 unspecified atom stereocenters. The molecule has 6 heteroatoms. The summed E-state index contributed by atoms with van der Waals surface area (Å²) in [4.78, 5) is 26.4. The number of carboxylic acid groups (broad SMARTS) is 1. The van der Waals surface area contributed by atoms with Crippen molar-refractivity contribution in [2.45, 2.75) is 13.8 Å². The van der Waals surface area contributed by atoms with Crippen molar-refractivity contribution >= 4 is 23.3 Å². The molecule has 0 saturated carbocycles. The van der Waals surface area contributed by atoms with Gasteiger partial charge in [-0.2, -0.15) is 0 Å². The van der Waals surface area contributed by atoms with Crippen molar-refractivity contribution in [2.75, 3.05) is 36.5 Å². The molecule has 1 atom stereocenters. The summed E-state index contributed by atoms with van der Waals surface area (Å²) in [5.41, 5.74) is 2.46. The van der Waals surface area contributed by atoms with Crippen molar-refractivity contribution in [1.82, 2.24) is 0 Å². The lowest BCUT2D eigenvalue weighted by atomic mass is 10.1. The number of carbonyl (C=O) groups excluding carboxylic acids is 1. The standard InChI is InChI=1S/C17H22N2O4/c1-11(2)8-19(9-12(3)17(21)22)13-5-6-15-14(7-13)18(4)16(20)10-23-15/h5-7,12H,1,8-10H2,2-4H3,(H,21,22). The lowest BCUT2D eigenvalue weighted by molar-refractivity contribution is -0.140. The molecule has 1 amide bonds. The number of anilines is 2. The summed E-state index contributed by atoms with van der Waals surface area (Å²) in [7, 11) is 1.70. The number of rotatable bonds is 6. The molecular formula is C17H22N2O4. The number of carbonyl (C=O) groups is 2. The second kappa shape index (κ2) is 6.73. The van der Waals surface area contributed by atoms with Gasteiger partial charge in [-0.3, -0.25) is 9.59 Å². The second-order valence-electron chi connectivity index (χ2n) is 5.97. The van der Waals surface area contributed by atoms with Gasteiger partial charge in [0.1, 0.15) is 5.75 Å². The molecule has 0 saturated heterocycles. The van der Waals surface area contributed by atoms with Gasteiger partial charge < -0.3 is 19.6 Å². The highest BCUT2D eigenvalue weighted by Crippen LogP contribution is 2.35. The summed E-state index contributed by atoms with van der Waals surface area (Å²) in [6, 6.07) is 5.54. The Kier molecular flexibility index (Phi) is 4.93. The van der Waals surface area contributed by atoms with E-state index in [1.165, 1.54) is 0 Å². The zero-order valence-corrected chi connectivity index (χ0v) is 13.7. The van der Waals surface area contributed by atoms with Gasteiger partial charge in [0.05, 0.1) is 11.6 Å². The molecule has 0 spiro atoms. The van der Waals surface area contributed by atoms with Crippen molar-refractivity contribution in [3.05, 3.63) is 30.4 Å². The van der Waals surface area contributed by atoms with E-state index in [0.717, 1.165) is 11.3 Å². The number of likely N-dealkylation sites (N-methyl/N-ethyl adjacent to an activating group) is 1. The Hall–Kier alpha value is -2.50. The Labute approximate surface area is 136 Å². The van der Waals surface area contributed by atoms with Gasteiger partial charge >= 0.3 is 5.97 Å². The van der Waals surface area contributed by atoms with Crippen LogP contribution in [0.3, 0.4) is 0 Å². The third-order valence-electron chi connectivity index (χ3n) is 3.77. The van der Waals surface area contributed by atoms with Gasteiger partial charge in [0.2, 0.25) is 0 Å². The molecule has 0 aromatic heterocycles. The zero-order chi connectivity index (χ0) is 17.1. The number of amides is 1. The van der Waals surface area contributed by atoms with Crippen LogP contribution in [0.15, 0.2) is 30.4 Å². The zero-order valence-electron chi connectivity index (χ0n) is 13.7. The van der Waals surface area contributed by atoms with Crippen LogP contribution >= 0.6 is 0 Å². The van der Waals surface area contributed by atoms with E-state index in [1.807, 2.05) is 30.0 Å². The maximum Gasteiger partial charge on any atom is 0.308 e. The molecule has 0 bridgehead atoms. The minimum Gasteiger partial charge on any atom is -0.482 e. The Balaban J connectivity index is 2.33. The summed E-state index contributed by atoms with van der Waals surface area (Å²) in [6.07, 6.45) is 0. The maximum atomic E-state index is 11.8. The Morgan fingerprint density at radius 1 is 1.52 bits per heavy atom. The monoisotopic (exact) mass is 318 g/mol. The smallest absolute Gasteiger partial charge is 0.308 e. The fraction of sp³-hybridized carbons (Fsp3) is 0.412. The number of fused-ring (bicyclic) bond motifs is 1. The third-order valence-corrected chi connectivity index (χ3v) is 3.77. The molecule has 0 radical (unpaired) electrons. The van der Waals surface area contributed by atoms with Gasteiger partial charge in [0.25, 0.3) is 5.91 Å². The predicted molar refractivity (Wildman–Crippen MR) is 89.2 cm³/mol. The number of hydrogen-bond acceptors (Lipinski definition) is 4. The number of hydrogen-bond donors (Lipinski definition) is 1. The van der Waals surface area contributed by atoms with Crippen LogP contribution in [-0.2, 0) is 9.59 Å². The van der Waals surface area contributed by atoms with Crippen molar-refractivity contribution in [3.63, 3.8) is 0 Å². The van der Waals surface area contributed by atoms with E-state index in [-0.39, 0.29) is 12.5 Å². The second-order valence-corrected chi connectivity index (χ2v) is 5.97. The van der Waals surface area contributed by atoms with Crippen LogP contribution in [0.1, 0.15) is 13.8 Å².